The molecule has 3 nitrogen and oxygen atoms in total. The van der Waals surface area contributed by atoms with Gasteiger partial charge in [0.05, 0.1) is 12.2 Å². The zero-order valence-corrected chi connectivity index (χ0v) is 10.3. The van der Waals surface area contributed by atoms with Gasteiger partial charge in [0.1, 0.15) is 5.75 Å². The lowest BCUT2D eigenvalue weighted by Gasteiger charge is -2.19. The van der Waals surface area contributed by atoms with Crippen LogP contribution in [0.15, 0.2) is 24.3 Å². The van der Waals surface area contributed by atoms with Gasteiger partial charge < -0.3 is 9.47 Å². The average molecular weight is 298 g/mol. The molecule has 0 saturated heterocycles. The second-order valence-electron chi connectivity index (χ2n) is 3.74. The second-order valence-corrected chi connectivity index (χ2v) is 3.74. The molecule has 0 amide bonds. The van der Waals surface area contributed by atoms with Gasteiger partial charge in [0, 0.05) is 0 Å². The van der Waals surface area contributed by atoms with Crippen LogP contribution in [0.1, 0.15) is 17.3 Å². The number of hydrogen-bond donors (Lipinski definition) is 0. The van der Waals surface area contributed by atoms with Gasteiger partial charge in [-0.05, 0) is 31.2 Å². The van der Waals surface area contributed by atoms with Crippen molar-refractivity contribution in [1.29, 1.82) is 0 Å². The van der Waals surface area contributed by atoms with Gasteiger partial charge >= 0.3 is 18.1 Å². The first-order chi connectivity index (χ1) is 9.17. The van der Waals surface area contributed by atoms with E-state index in [0.717, 1.165) is 12.1 Å². The van der Waals surface area contributed by atoms with E-state index in [1.807, 2.05) is 0 Å². The Kier molecular flexibility index (Phi) is 4.91. The van der Waals surface area contributed by atoms with Crippen LogP contribution in [-0.4, -0.2) is 31.3 Å². The summed E-state index contributed by atoms with van der Waals surface area (Å²) in [5.74, 6) is -5.77. The van der Waals surface area contributed by atoms with E-state index >= 15 is 0 Å². The number of rotatable bonds is 5. The Morgan fingerprint density at radius 2 is 1.65 bits per heavy atom. The third kappa shape index (κ3) is 4.07. The van der Waals surface area contributed by atoms with Gasteiger partial charge in [-0.1, -0.05) is 0 Å². The minimum absolute atomic E-state index is 0.141. The van der Waals surface area contributed by atoms with E-state index < -0.39 is 24.7 Å². The summed E-state index contributed by atoms with van der Waals surface area (Å²) in [6, 6.07) is 4.63. The number of ether oxygens (including phenoxy) is 2. The van der Waals surface area contributed by atoms with E-state index in [-0.39, 0.29) is 17.9 Å². The first-order valence-electron chi connectivity index (χ1n) is 5.52. The SMILES string of the molecule is CCOC(=O)c1ccc(OCC(F)(F)C(F)(F)F)cc1. The van der Waals surface area contributed by atoms with E-state index in [1.165, 1.54) is 12.1 Å². The molecule has 0 radical (unpaired) electrons. The van der Waals surface area contributed by atoms with E-state index in [4.69, 9.17) is 0 Å². The molecule has 112 valence electrons. The number of alkyl halides is 5. The topological polar surface area (TPSA) is 35.5 Å². The predicted molar refractivity (Wildman–Crippen MR) is 58.9 cm³/mol. The van der Waals surface area contributed by atoms with Crippen molar-refractivity contribution in [3.8, 4) is 5.75 Å². The molecule has 1 aromatic rings. The number of carbonyl (C=O) groups is 1. The predicted octanol–water partition coefficient (Wildman–Crippen LogP) is 3.44. The van der Waals surface area contributed by atoms with Crippen LogP contribution in [-0.2, 0) is 4.74 Å². The van der Waals surface area contributed by atoms with Gasteiger partial charge in [0.15, 0.2) is 6.61 Å². The molecular weight excluding hydrogens is 287 g/mol. The van der Waals surface area contributed by atoms with Crippen molar-refractivity contribution in [2.75, 3.05) is 13.2 Å². The largest absolute Gasteiger partial charge is 0.487 e. The number of benzene rings is 1. The fourth-order valence-electron chi connectivity index (χ4n) is 1.16. The molecule has 0 fully saturated rings. The van der Waals surface area contributed by atoms with E-state index in [1.54, 1.807) is 6.92 Å². The summed E-state index contributed by atoms with van der Waals surface area (Å²) >= 11 is 0. The molecule has 0 bridgehead atoms. The van der Waals surface area contributed by atoms with Gasteiger partial charge in [0.2, 0.25) is 0 Å². The Hall–Kier alpha value is -1.86. The smallest absolute Gasteiger partial charge is 0.456 e. The highest BCUT2D eigenvalue weighted by molar-refractivity contribution is 5.89. The third-order valence-corrected chi connectivity index (χ3v) is 2.20. The van der Waals surface area contributed by atoms with Gasteiger partial charge in [-0.3, -0.25) is 0 Å². The maximum atomic E-state index is 12.6. The maximum absolute atomic E-state index is 12.6. The molecule has 1 aromatic carbocycles. The fourth-order valence-corrected chi connectivity index (χ4v) is 1.16. The first kappa shape index (κ1) is 16.2. The van der Waals surface area contributed by atoms with Crippen molar-refractivity contribution in [3.05, 3.63) is 29.8 Å². The second kappa shape index (κ2) is 6.06. The van der Waals surface area contributed by atoms with Crippen LogP contribution in [0.2, 0.25) is 0 Å². The average Bonchev–Trinajstić information content (AvgIpc) is 2.36. The van der Waals surface area contributed by atoms with Crippen LogP contribution in [0.5, 0.6) is 5.75 Å². The van der Waals surface area contributed by atoms with Crippen LogP contribution >= 0.6 is 0 Å². The maximum Gasteiger partial charge on any atom is 0.456 e. The molecule has 0 spiro atoms. The molecular formula is C12H11F5O3. The van der Waals surface area contributed by atoms with Crippen molar-refractivity contribution in [1.82, 2.24) is 0 Å². The molecule has 0 aliphatic heterocycles. The number of halogens is 5. The highest BCUT2D eigenvalue weighted by Gasteiger charge is 2.58. The minimum Gasteiger partial charge on any atom is -0.487 e. The van der Waals surface area contributed by atoms with E-state index in [9.17, 15) is 26.7 Å². The molecule has 0 aliphatic carbocycles. The summed E-state index contributed by atoms with van der Waals surface area (Å²) in [7, 11) is 0. The van der Waals surface area contributed by atoms with Crippen molar-refractivity contribution in [2.45, 2.75) is 19.0 Å². The van der Waals surface area contributed by atoms with Crippen molar-refractivity contribution in [3.63, 3.8) is 0 Å². The Morgan fingerprint density at radius 3 is 2.10 bits per heavy atom. The number of esters is 1. The zero-order chi connectivity index (χ0) is 15.4. The summed E-state index contributed by atoms with van der Waals surface area (Å²) in [5, 5.41) is 0. The summed E-state index contributed by atoms with van der Waals surface area (Å²) in [5.41, 5.74) is 0.141. The molecule has 0 aliphatic rings. The number of hydrogen-bond acceptors (Lipinski definition) is 3. The van der Waals surface area contributed by atoms with Crippen LogP contribution in [0.3, 0.4) is 0 Å². The Balaban J connectivity index is 2.65. The standard InChI is InChI=1S/C12H11F5O3/c1-2-19-10(18)8-3-5-9(6-4-8)20-7-11(13,14)12(15,16)17/h3-6H,2,7H2,1H3. The molecule has 8 heteroatoms. The van der Waals surface area contributed by atoms with Gasteiger partial charge in [-0.15, -0.1) is 0 Å². The summed E-state index contributed by atoms with van der Waals surface area (Å²) in [6.45, 7) is -0.0568. The summed E-state index contributed by atoms with van der Waals surface area (Å²) in [6.07, 6.45) is -5.67. The normalized spacial score (nSPS) is 12.1. The van der Waals surface area contributed by atoms with Gasteiger partial charge in [-0.25, -0.2) is 4.79 Å². The van der Waals surface area contributed by atoms with E-state index in [2.05, 4.69) is 9.47 Å². The monoisotopic (exact) mass is 298 g/mol. The van der Waals surface area contributed by atoms with Gasteiger partial charge in [0.25, 0.3) is 0 Å². The van der Waals surface area contributed by atoms with Gasteiger partial charge in [-0.2, -0.15) is 22.0 Å². The molecule has 0 aromatic heterocycles. The van der Waals surface area contributed by atoms with Crippen molar-refractivity contribution < 1.29 is 36.2 Å². The molecule has 0 saturated carbocycles. The van der Waals surface area contributed by atoms with Crippen LogP contribution in [0, 0.1) is 0 Å². The lowest BCUT2D eigenvalue weighted by atomic mass is 10.2. The highest BCUT2D eigenvalue weighted by Crippen LogP contribution is 2.35. The van der Waals surface area contributed by atoms with E-state index in [0.29, 0.717) is 0 Å². The summed E-state index contributed by atoms with van der Waals surface area (Å²) in [4.78, 5) is 11.3. The zero-order valence-electron chi connectivity index (χ0n) is 10.3. The molecule has 0 unspecified atom stereocenters. The third-order valence-electron chi connectivity index (χ3n) is 2.20. The lowest BCUT2D eigenvalue weighted by Crippen LogP contribution is -2.41. The Labute approximate surface area is 111 Å². The Bertz CT molecular complexity index is 453. The number of carbonyl (C=O) groups excluding carboxylic acids is 1. The van der Waals surface area contributed by atoms with Crippen molar-refractivity contribution in [2.24, 2.45) is 0 Å². The fraction of sp³-hybridized carbons (Fsp3) is 0.417. The lowest BCUT2D eigenvalue weighted by molar-refractivity contribution is -0.290. The quantitative estimate of drug-likeness (QED) is 0.617. The molecule has 0 heterocycles. The highest BCUT2D eigenvalue weighted by atomic mass is 19.4. The Morgan fingerprint density at radius 1 is 1.10 bits per heavy atom. The van der Waals surface area contributed by atoms with Crippen LogP contribution in [0.4, 0.5) is 22.0 Å². The molecule has 0 N–H and O–H groups in total. The first-order valence-corrected chi connectivity index (χ1v) is 5.52. The minimum atomic E-state index is -5.67. The van der Waals surface area contributed by atoms with Crippen molar-refractivity contribution >= 4 is 5.97 Å². The van der Waals surface area contributed by atoms with Crippen LogP contribution < -0.4 is 4.74 Å². The summed E-state index contributed by atoms with van der Waals surface area (Å²) < 4.78 is 69.9. The van der Waals surface area contributed by atoms with Crippen LogP contribution in [0.25, 0.3) is 0 Å². The molecule has 20 heavy (non-hydrogen) atoms. The molecule has 0 atom stereocenters. The molecule has 1 rings (SSSR count).